The van der Waals surface area contributed by atoms with Gasteiger partial charge in [-0.05, 0) is 22.3 Å². The summed E-state index contributed by atoms with van der Waals surface area (Å²) < 4.78 is 38.6. The number of ether oxygens (including phenoxy) is 6. The Kier molecular flexibility index (Phi) is 13.7. The average molecular weight is 656 g/mol. The van der Waals surface area contributed by atoms with Crippen LogP contribution in [0.15, 0.2) is 121 Å². The number of benzene rings is 4. The molecule has 252 valence electrons. The van der Waals surface area contributed by atoms with Crippen LogP contribution in [0.1, 0.15) is 22.3 Å². The third-order valence-electron chi connectivity index (χ3n) is 7.66. The molecule has 1 amide bonds. The molecule has 1 unspecified atom stereocenters. The van der Waals surface area contributed by atoms with E-state index in [1.54, 1.807) is 0 Å². The third kappa shape index (κ3) is 11.1. The zero-order valence-electron chi connectivity index (χ0n) is 26.6. The van der Waals surface area contributed by atoms with E-state index in [4.69, 9.17) is 33.5 Å². The van der Waals surface area contributed by atoms with Crippen molar-refractivity contribution in [1.29, 1.82) is 0 Å². The maximum absolute atomic E-state index is 12.3. The summed E-state index contributed by atoms with van der Waals surface area (Å²) in [5.41, 5.74) is 3.85. The standard InChI is InChI=1S/C38H41NO9/c40-33(39-21-34(41)42)27-43-26-32-35(44-22-28-13-5-1-6-14-28)36(45-23-29-15-7-2-8-16-29)37(46-24-30-17-9-3-10-18-30)38(48-32)47-25-31-19-11-4-12-20-31/h1-20,32,35-38H,21-27H2,(H,39,40)(H,41,42)/t32-,35-,36+,37-,38?/m1/s1. The van der Waals surface area contributed by atoms with E-state index in [0.29, 0.717) is 0 Å². The van der Waals surface area contributed by atoms with Crippen LogP contribution in [0.2, 0.25) is 0 Å². The topological polar surface area (TPSA) is 122 Å². The molecule has 10 nitrogen and oxygen atoms in total. The van der Waals surface area contributed by atoms with Gasteiger partial charge in [-0.15, -0.1) is 0 Å². The summed E-state index contributed by atoms with van der Waals surface area (Å²) in [5.74, 6) is -1.71. The summed E-state index contributed by atoms with van der Waals surface area (Å²) in [6.07, 6.45) is -3.72. The molecule has 1 saturated heterocycles. The van der Waals surface area contributed by atoms with Gasteiger partial charge in [-0.3, -0.25) is 9.59 Å². The minimum atomic E-state index is -1.15. The van der Waals surface area contributed by atoms with Crippen molar-refractivity contribution < 1.29 is 43.1 Å². The molecule has 5 rings (SSSR count). The molecule has 0 spiro atoms. The van der Waals surface area contributed by atoms with Crippen LogP contribution in [-0.2, 0) is 64.4 Å². The van der Waals surface area contributed by atoms with Gasteiger partial charge in [0.15, 0.2) is 6.29 Å². The molecule has 2 N–H and O–H groups in total. The quantitative estimate of drug-likeness (QED) is 0.154. The van der Waals surface area contributed by atoms with E-state index in [0.717, 1.165) is 22.3 Å². The lowest BCUT2D eigenvalue weighted by Crippen LogP contribution is -2.61. The highest BCUT2D eigenvalue weighted by atomic mass is 16.7. The SMILES string of the molecule is O=C(O)CNC(=O)COC[C@H]1OC(OCc2ccccc2)[C@H](OCc2ccccc2)[C@@H](OCc2ccccc2)[C@@H]1OCc1ccccc1. The summed E-state index contributed by atoms with van der Waals surface area (Å²) in [4.78, 5) is 23.2. The van der Waals surface area contributed by atoms with Gasteiger partial charge in [0, 0.05) is 0 Å². The summed E-state index contributed by atoms with van der Waals surface area (Å²) in [6, 6.07) is 39.2. The van der Waals surface area contributed by atoms with Crippen molar-refractivity contribution in [3.05, 3.63) is 144 Å². The minimum absolute atomic E-state index is 0.0538. The Labute approximate surface area is 280 Å². The Bertz CT molecular complexity index is 1510. The monoisotopic (exact) mass is 655 g/mol. The van der Waals surface area contributed by atoms with Gasteiger partial charge >= 0.3 is 5.97 Å². The van der Waals surface area contributed by atoms with Gasteiger partial charge in [-0.2, -0.15) is 0 Å². The Morgan fingerprint density at radius 2 is 1.00 bits per heavy atom. The smallest absolute Gasteiger partial charge is 0.322 e. The number of hydrogen-bond donors (Lipinski definition) is 2. The van der Waals surface area contributed by atoms with E-state index in [1.807, 2.05) is 121 Å². The molecule has 0 aliphatic carbocycles. The summed E-state index contributed by atoms with van der Waals surface area (Å²) in [5, 5.41) is 11.2. The lowest BCUT2D eigenvalue weighted by atomic mass is 9.97. The van der Waals surface area contributed by atoms with Crippen LogP contribution >= 0.6 is 0 Å². The molecule has 4 aromatic carbocycles. The van der Waals surface area contributed by atoms with E-state index in [9.17, 15) is 9.59 Å². The number of nitrogens with one attached hydrogen (secondary N) is 1. The van der Waals surface area contributed by atoms with Crippen LogP contribution < -0.4 is 5.32 Å². The van der Waals surface area contributed by atoms with Crippen LogP contribution in [0.25, 0.3) is 0 Å². The fourth-order valence-corrected chi connectivity index (χ4v) is 5.26. The van der Waals surface area contributed by atoms with Crippen LogP contribution in [0.3, 0.4) is 0 Å². The second kappa shape index (κ2) is 18.8. The van der Waals surface area contributed by atoms with Crippen LogP contribution in [0.4, 0.5) is 0 Å². The molecule has 0 bridgehead atoms. The first-order valence-corrected chi connectivity index (χ1v) is 15.9. The highest BCUT2D eigenvalue weighted by molar-refractivity contribution is 5.81. The highest BCUT2D eigenvalue weighted by Gasteiger charge is 2.49. The van der Waals surface area contributed by atoms with Gasteiger partial charge in [-0.1, -0.05) is 121 Å². The Balaban J connectivity index is 1.42. The average Bonchev–Trinajstić information content (AvgIpc) is 3.12. The molecule has 4 aromatic rings. The minimum Gasteiger partial charge on any atom is -0.480 e. The normalized spacial score (nSPS) is 20.6. The molecular weight excluding hydrogens is 614 g/mol. The number of carbonyl (C=O) groups is 2. The molecule has 1 aliphatic heterocycles. The molecule has 1 heterocycles. The van der Waals surface area contributed by atoms with Crippen molar-refractivity contribution in [3.8, 4) is 0 Å². The molecule has 1 fully saturated rings. The summed E-state index contributed by atoms with van der Waals surface area (Å²) in [6.45, 7) is 0.148. The molecule has 5 atom stereocenters. The van der Waals surface area contributed by atoms with Crippen molar-refractivity contribution in [3.63, 3.8) is 0 Å². The molecule has 0 saturated carbocycles. The number of rotatable bonds is 18. The molecule has 0 radical (unpaired) electrons. The number of carboxylic acids is 1. The lowest BCUT2D eigenvalue weighted by molar-refractivity contribution is -0.330. The van der Waals surface area contributed by atoms with Crippen molar-refractivity contribution in [2.24, 2.45) is 0 Å². The predicted octanol–water partition coefficient (Wildman–Crippen LogP) is 4.90. The highest BCUT2D eigenvalue weighted by Crippen LogP contribution is 2.32. The first kappa shape index (κ1) is 34.9. The van der Waals surface area contributed by atoms with Crippen LogP contribution in [0.5, 0.6) is 0 Å². The van der Waals surface area contributed by atoms with E-state index in [-0.39, 0.29) is 39.6 Å². The predicted molar refractivity (Wildman–Crippen MR) is 176 cm³/mol. The molecule has 10 heteroatoms. The van der Waals surface area contributed by atoms with Gasteiger partial charge in [0.05, 0.1) is 33.0 Å². The van der Waals surface area contributed by atoms with E-state index in [1.165, 1.54) is 0 Å². The second-order valence-electron chi connectivity index (χ2n) is 11.3. The largest absolute Gasteiger partial charge is 0.480 e. The summed E-state index contributed by atoms with van der Waals surface area (Å²) >= 11 is 0. The van der Waals surface area contributed by atoms with Crippen LogP contribution in [-0.4, -0.2) is 67.4 Å². The fraction of sp³-hybridized carbons (Fsp3) is 0.316. The Morgan fingerprint density at radius 3 is 1.46 bits per heavy atom. The van der Waals surface area contributed by atoms with Gasteiger partial charge in [0.1, 0.15) is 37.6 Å². The van der Waals surface area contributed by atoms with Crippen molar-refractivity contribution in [2.45, 2.75) is 57.1 Å². The van der Waals surface area contributed by atoms with Gasteiger partial charge in [0.25, 0.3) is 0 Å². The van der Waals surface area contributed by atoms with Gasteiger partial charge < -0.3 is 38.8 Å². The first-order valence-electron chi connectivity index (χ1n) is 15.9. The Hall–Kier alpha value is -4.42. The fourth-order valence-electron chi connectivity index (χ4n) is 5.26. The molecule has 1 aliphatic rings. The van der Waals surface area contributed by atoms with E-state index >= 15 is 0 Å². The maximum Gasteiger partial charge on any atom is 0.322 e. The Morgan fingerprint density at radius 1 is 0.583 bits per heavy atom. The number of carbonyl (C=O) groups excluding carboxylic acids is 1. The number of amides is 1. The van der Waals surface area contributed by atoms with Crippen molar-refractivity contribution >= 4 is 11.9 Å². The van der Waals surface area contributed by atoms with Crippen molar-refractivity contribution in [2.75, 3.05) is 19.8 Å². The lowest BCUT2D eigenvalue weighted by Gasteiger charge is -2.45. The number of aliphatic carboxylic acids is 1. The van der Waals surface area contributed by atoms with E-state index < -0.39 is 49.1 Å². The summed E-state index contributed by atoms with van der Waals surface area (Å²) in [7, 11) is 0. The third-order valence-corrected chi connectivity index (χ3v) is 7.66. The number of hydrogen-bond acceptors (Lipinski definition) is 8. The zero-order valence-corrected chi connectivity index (χ0v) is 26.6. The van der Waals surface area contributed by atoms with Gasteiger partial charge in [-0.25, -0.2) is 0 Å². The number of carboxylic acid groups (broad SMARTS) is 1. The van der Waals surface area contributed by atoms with Gasteiger partial charge in [0.2, 0.25) is 5.91 Å². The molecular formula is C38H41NO9. The van der Waals surface area contributed by atoms with Crippen molar-refractivity contribution in [1.82, 2.24) is 5.32 Å². The first-order chi connectivity index (χ1) is 23.5. The maximum atomic E-state index is 12.3. The molecule has 0 aromatic heterocycles. The van der Waals surface area contributed by atoms with E-state index in [2.05, 4.69) is 5.32 Å². The van der Waals surface area contributed by atoms with Crippen LogP contribution in [0, 0.1) is 0 Å². The second-order valence-corrected chi connectivity index (χ2v) is 11.3. The zero-order chi connectivity index (χ0) is 33.4. The molecule has 48 heavy (non-hydrogen) atoms.